The molecule has 7 heteroatoms. The maximum Gasteiger partial charge on any atom is 0.308 e. The van der Waals surface area contributed by atoms with Crippen LogP contribution in [0.2, 0.25) is 0 Å². The lowest BCUT2D eigenvalue weighted by atomic mass is 9.80. The normalized spacial score (nSPS) is 19.7. The van der Waals surface area contributed by atoms with Crippen LogP contribution >= 0.6 is 11.3 Å². The van der Waals surface area contributed by atoms with Crippen LogP contribution in [0.25, 0.3) is 10.7 Å². The molecule has 1 N–H and O–H groups in total. The molecule has 1 fully saturated rings. The van der Waals surface area contributed by atoms with Gasteiger partial charge in [-0.05, 0) is 25.0 Å². The molecule has 2 aromatic heterocycles. The number of hydrogen-bond donors (Lipinski definition) is 1. The minimum absolute atomic E-state index is 0.0560. The molecule has 0 unspecified atom stereocenters. The number of carbonyl (C=O) groups excluding carboxylic acids is 2. The average Bonchev–Trinajstić information content (AvgIpc) is 2.99. The first-order valence-electron chi connectivity index (χ1n) is 7.38. The van der Waals surface area contributed by atoms with Crippen molar-refractivity contribution in [1.82, 2.24) is 15.3 Å². The van der Waals surface area contributed by atoms with Crippen molar-refractivity contribution in [2.75, 3.05) is 7.11 Å². The van der Waals surface area contributed by atoms with Crippen molar-refractivity contribution >= 4 is 23.2 Å². The molecule has 0 aromatic carbocycles. The Bertz CT molecular complexity index is 696. The van der Waals surface area contributed by atoms with Gasteiger partial charge in [0.1, 0.15) is 5.01 Å². The number of rotatable bonds is 5. The predicted octanol–water partition coefficient (Wildman–Crippen LogP) is 1.82. The number of nitrogens with one attached hydrogen (secondary N) is 1. The van der Waals surface area contributed by atoms with Gasteiger partial charge in [-0.1, -0.05) is 6.07 Å². The number of carbonyl (C=O) groups is 2. The van der Waals surface area contributed by atoms with Gasteiger partial charge in [-0.2, -0.15) is 0 Å². The summed E-state index contributed by atoms with van der Waals surface area (Å²) in [6.07, 6.45) is 3.25. The lowest BCUT2D eigenvalue weighted by Crippen LogP contribution is -2.47. The first kappa shape index (κ1) is 15.6. The highest BCUT2D eigenvalue weighted by Gasteiger charge is 2.36. The third kappa shape index (κ3) is 3.73. The molecule has 6 nitrogen and oxygen atoms in total. The molecule has 0 atom stereocenters. The maximum absolute atomic E-state index is 12.0. The van der Waals surface area contributed by atoms with Crippen molar-refractivity contribution in [3.05, 3.63) is 35.5 Å². The summed E-state index contributed by atoms with van der Waals surface area (Å²) in [7, 11) is 1.38. The van der Waals surface area contributed by atoms with Crippen LogP contribution in [0.5, 0.6) is 0 Å². The van der Waals surface area contributed by atoms with Gasteiger partial charge in [0, 0.05) is 17.6 Å². The average molecular weight is 331 g/mol. The van der Waals surface area contributed by atoms with E-state index in [0.29, 0.717) is 12.8 Å². The maximum atomic E-state index is 12.0. The second-order valence-electron chi connectivity index (χ2n) is 5.49. The third-order valence-electron chi connectivity index (χ3n) is 3.82. The van der Waals surface area contributed by atoms with E-state index in [9.17, 15) is 9.59 Å². The number of thiazole rings is 1. The molecule has 1 saturated carbocycles. The number of hydrogen-bond acceptors (Lipinski definition) is 6. The molecule has 3 rings (SSSR count). The van der Waals surface area contributed by atoms with Crippen LogP contribution in [-0.2, 0) is 20.7 Å². The van der Waals surface area contributed by atoms with Gasteiger partial charge < -0.3 is 10.1 Å². The van der Waals surface area contributed by atoms with Crippen molar-refractivity contribution in [1.29, 1.82) is 0 Å². The topological polar surface area (TPSA) is 81.2 Å². The summed E-state index contributed by atoms with van der Waals surface area (Å²) in [4.78, 5) is 32.0. The Kier molecular flexibility index (Phi) is 4.66. The Hall–Kier alpha value is -2.28. The summed E-state index contributed by atoms with van der Waals surface area (Å²) in [6, 6.07) is 5.71. The molecular weight excluding hydrogens is 314 g/mol. The highest BCUT2D eigenvalue weighted by atomic mass is 32.1. The lowest BCUT2D eigenvalue weighted by molar-refractivity contribution is -0.149. The molecule has 2 heterocycles. The van der Waals surface area contributed by atoms with Gasteiger partial charge in [0.15, 0.2) is 0 Å². The largest absolute Gasteiger partial charge is 0.469 e. The molecule has 0 aliphatic heterocycles. The minimum Gasteiger partial charge on any atom is -0.469 e. The lowest BCUT2D eigenvalue weighted by Gasteiger charge is -2.33. The van der Waals surface area contributed by atoms with Gasteiger partial charge in [0.25, 0.3) is 0 Å². The standard InChI is InChI=1S/C16H17N3O3S/c1-22-16(21)10-6-11(7-10)18-14(20)8-12-9-23-15(19-12)13-4-2-3-5-17-13/h2-5,9-11H,6-8H2,1H3,(H,18,20). The number of amides is 1. The minimum atomic E-state index is -0.199. The number of methoxy groups -OCH3 is 1. The molecule has 23 heavy (non-hydrogen) atoms. The highest BCUT2D eigenvalue weighted by Crippen LogP contribution is 2.28. The van der Waals surface area contributed by atoms with Gasteiger partial charge in [0.2, 0.25) is 5.91 Å². The van der Waals surface area contributed by atoms with Crippen LogP contribution in [-0.4, -0.2) is 35.0 Å². The predicted molar refractivity (Wildman–Crippen MR) is 85.7 cm³/mol. The van der Waals surface area contributed by atoms with E-state index in [2.05, 4.69) is 20.0 Å². The fraction of sp³-hybridized carbons (Fsp3) is 0.375. The zero-order valence-corrected chi connectivity index (χ0v) is 13.5. The van der Waals surface area contributed by atoms with E-state index in [4.69, 9.17) is 0 Å². The number of ether oxygens (including phenoxy) is 1. The molecule has 0 spiro atoms. The SMILES string of the molecule is COC(=O)C1CC(NC(=O)Cc2csc(-c3ccccn3)n2)C1. The van der Waals surface area contributed by atoms with Crippen LogP contribution < -0.4 is 5.32 Å². The van der Waals surface area contributed by atoms with E-state index in [1.807, 2.05) is 23.6 Å². The van der Waals surface area contributed by atoms with Crippen LogP contribution in [0.4, 0.5) is 0 Å². The van der Waals surface area contributed by atoms with Gasteiger partial charge >= 0.3 is 5.97 Å². The Morgan fingerprint density at radius 3 is 2.91 bits per heavy atom. The molecule has 1 amide bonds. The summed E-state index contributed by atoms with van der Waals surface area (Å²) in [5.41, 5.74) is 1.54. The Labute approximate surface area is 137 Å². The Balaban J connectivity index is 1.50. The molecule has 2 aromatic rings. The van der Waals surface area contributed by atoms with Crippen molar-refractivity contribution in [3.63, 3.8) is 0 Å². The quantitative estimate of drug-likeness (QED) is 0.845. The van der Waals surface area contributed by atoms with Crippen LogP contribution in [0.15, 0.2) is 29.8 Å². The van der Waals surface area contributed by atoms with Gasteiger partial charge in [-0.3, -0.25) is 14.6 Å². The second-order valence-corrected chi connectivity index (χ2v) is 6.35. The number of pyridine rings is 1. The fourth-order valence-corrected chi connectivity index (χ4v) is 3.33. The molecule has 1 aliphatic carbocycles. The van der Waals surface area contributed by atoms with Crippen molar-refractivity contribution in [3.8, 4) is 10.7 Å². The zero-order chi connectivity index (χ0) is 16.2. The summed E-state index contributed by atoms with van der Waals surface area (Å²) in [5.74, 6) is -0.355. The second kappa shape index (κ2) is 6.87. The smallest absolute Gasteiger partial charge is 0.308 e. The van der Waals surface area contributed by atoms with Crippen molar-refractivity contribution < 1.29 is 14.3 Å². The van der Waals surface area contributed by atoms with Crippen molar-refractivity contribution in [2.45, 2.75) is 25.3 Å². The van der Waals surface area contributed by atoms with E-state index in [-0.39, 0.29) is 30.3 Å². The fourth-order valence-electron chi connectivity index (χ4n) is 2.53. The van der Waals surface area contributed by atoms with Crippen LogP contribution in [0, 0.1) is 5.92 Å². The summed E-state index contributed by atoms with van der Waals surface area (Å²) in [5, 5.41) is 5.61. The van der Waals surface area contributed by atoms with E-state index in [0.717, 1.165) is 16.4 Å². The summed E-state index contributed by atoms with van der Waals surface area (Å²) < 4.78 is 4.68. The molecule has 0 saturated heterocycles. The molecular formula is C16H17N3O3S. The summed E-state index contributed by atoms with van der Waals surface area (Å²) >= 11 is 1.48. The van der Waals surface area contributed by atoms with E-state index < -0.39 is 0 Å². The Morgan fingerprint density at radius 2 is 2.22 bits per heavy atom. The molecule has 0 radical (unpaired) electrons. The molecule has 120 valence electrons. The monoisotopic (exact) mass is 331 g/mol. The van der Waals surface area contributed by atoms with Crippen LogP contribution in [0.1, 0.15) is 18.5 Å². The first-order valence-corrected chi connectivity index (χ1v) is 8.26. The van der Waals surface area contributed by atoms with Gasteiger partial charge in [-0.15, -0.1) is 11.3 Å². The van der Waals surface area contributed by atoms with Gasteiger partial charge in [0.05, 0.1) is 30.8 Å². The summed E-state index contributed by atoms with van der Waals surface area (Å²) in [6.45, 7) is 0. The zero-order valence-electron chi connectivity index (χ0n) is 12.7. The number of nitrogens with zero attached hydrogens (tertiary/aromatic N) is 2. The Morgan fingerprint density at radius 1 is 1.39 bits per heavy atom. The van der Waals surface area contributed by atoms with E-state index in [1.54, 1.807) is 6.20 Å². The first-order chi connectivity index (χ1) is 11.2. The van der Waals surface area contributed by atoms with E-state index in [1.165, 1.54) is 18.4 Å². The highest BCUT2D eigenvalue weighted by molar-refractivity contribution is 7.13. The number of esters is 1. The van der Waals surface area contributed by atoms with Crippen molar-refractivity contribution in [2.24, 2.45) is 5.92 Å². The third-order valence-corrected chi connectivity index (χ3v) is 4.73. The number of aromatic nitrogens is 2. The van der Waals surface area contributed by atoms with E-state index >= 15 is 0 Å². The van der Waals surface area contributed by atoms with Crippen LogP contribution in [0.3, 0.4) is 0 Å². The molecule has 0 bridgehead atoms. The van der Waals surface area contributed by atoms with Gasteiger partial charge in [-0.25, -0.2) is 4.98 Å². The molecule has 1 aliphatic rings.